The summed E-state index contributed by atoms with van der Waals surface area (Å²) in [6, 6.07) is 26.5. The highest BCUT2D eigenvalue weighted by Crippen LogP contribution is 2.37. The second-order valence-electron chi connectivity index (χ2n) is 8.46. The van der Waals surface area contributed by atoms with Crippen molar-refractivity contribution in [2.45, 2.75) is 13.3 Å². The fraction of sp³-hybridized carbons (Fsp3) is 0.103. The number of para-hydroxylation sites is 1. The molecule has 4 aromatic rings. The van der Waals surface area contributed by atoms with E-state index in [1.165, 1.54) is 5.56 Å². The van der Waals surface area contributed by atoms with Gasteiger partial charge in [-0.25, -0.2) is 0 Å². The van der Waals surface area contributed by atoms with Gasteiger partial charge in [-0.05, 0) is 66.4 Å². The van der Waals surface area contributed by atoms with Crippen molar-refractivity contribution in [1.29, 1.82) is 0 Å². The largest absolute Gasteiger partial charge is 0.322 e. The van der Waals surface area contributed by atoms with Crippen molar-refractivity contribution in [1.82, 2.24) is 0 Å². The standard InChI is InChI=1S/C29H22Cl2N2O2/c1-18-17-20(32-28(34)27-24(30)10-6-11-25(27)31)13-14-21(18)29(35)33-16-15-19-7-2-3-8-22(19)23-9-4-5-12-26(23)33/h2-14,17H,15-16H2,1H3,(H,32,34). The lowest BCUT2D eigenvalue weighted by atomic mass is 9.98. The molecule has 4 aromatic carbocycles. The minimum absolute atomic E-state index is 0.0743. The van der Waals surface area contributed by atoms with Crippen molar-refractivity contribution in [3.8, 4) is 11.1 Å². The number of nitrogens with zero attached hydrogens (tertiary/aromatic N) is 1. The molecule has 35 heavy (non-hydrogen) atoms. The summed E-state index contributed by atoms with van der Waals surface area (Å²) in [5.74, 6) is -0.479. The van der Waals surface area contributed by atoms with Crippen molar-refractivity contribution >= 4 is 46.4 Å². The second kappa shape index (κ2) is 9.57. The second-order valence-corrected chi connectivity index (χ2v) is 9.28. The fourth-order valence-electron chi connectivity index (χ4n) is 4.54. The number of carbonyl (C=O) groups excluding carboxylic acids is 2. The molecule has 0 saturated heterocycles. The summed E-state index contributed by atoms with van der Waals surface area (Å²) in [6.07, 6.45) is 0.766. The predicted octanol–water partition coefficient (Wildman–Crippen LogP) is 7.42. The minimum Gasteiger partial charge on any atom is -0.322 e. The Morgan fingerprint density at radius 3 is 2.26 bits per heavy atom. The molecule has 2 amide bonds. The van der Waals surface area contributed by atoms with E-state index in [4.69, 9.17) is 23.2 Å². The Morgan fingerprint density at radius 2 is 1.51 bits per heavy atom. The molecule has 0 aliphatic carbocycles. The van der Waals surface area contributed by atoms with Gasteiger partial charge < -0.3 is 10.2 Å². The number of halogens is 2. The van der Waals surface area contributed by atoms with E-state index in [1.807, 2.05) is 42.2 Å². The number of carbonyl (C=O) groups is 2. The lowest BCUT2D eigenvalue weighted by molar-refractivity contribution is 0.0985. The van der Waals surface area contributed by atoms with Crippen molar-refractivity contribution in [3.05, 3.63) is 117 Å². The summed E-state index contributed by atoms with van der Waals surface area (Å²) in [7, 11) is 0. The van der Waals surface area contributed by atoms with Crippen molar-refractivity contribution in [2.75, 3.05) is 16.8 Å². The summed E-state index contributed by atoms with van der Waals surface area (Å²) in [5.41, 5.74) is 6.45. The molecule has 0 radical (unpaired) electrons. The van der Waals surface area contributed by atoms with E-state index in [2.05, 4.69) is 23.5 Å². The third kappa shape index (κ3) is 4.43. The molecule has 6 heteroatoms. The van der Waals surface area contributed by atoms with Gasteiger partial charge >= 0.3 is 0 Å². The molecule has 0 aromatic heterocycles. The molecule has 0 atom stereocenters. The first-order chi connectivity index (χ1) is 16.9. The van der Waals surface area contributed by atoms with Gasteiger partial charge in [0, 0.05) is 23.4 Å². The molecule has 4 nitrogen and oxygen atoms in total. The highest BCUT2D eigenvalue weighted by atomic mass is 35.5. The third-order valence-electron chi connectivity index (χ3n) is 6.26. The maximum absolute atomic E-state index is 13.7. The molecule has 1 N–H and O–H groups in total. The van der Waals surface area contributed by atoms with Gasteiger partial charge in [-0.3, -0.25) is 9.59 Å². The van der Waals surface area contributed by atoms with E-state index < -0.39 is 5.91 Å². The Labute approximate surface area is 214 Å². The summed E-state index contributed by atoms with van der Waals surface area (Å²) in [6.45, 7) is 2.44. The SMILES string of the molecule is Cc1cc(NC(=O)c2c(Cl)cccc2Cl)ccc1C(=O)N1CCc2ccccc2-c2ccccc21. The van der Waals surface area contributed by atoms with Gasteiger partial charge in [0.05, 0.1) is 21.3 Å². The predicted molar refractivity (Wildman–Crippen MR) is 143 cm³/mol. The van der Waals surface area contributed by atoms with Gasteiger partial charge in [-0.1, -0.05) is 71.7 Å². The highest BCUT2D eigenvalue weighted by Gasteiger charge is 2.26. The van der Waals surface area contributed by atoms with Crippen molar-refractivity contribution < 1.29 is 9.59 Å². The van der Waals surface area contributed by atoms with Gasteiger partial charge in [0.1, 0.15) is 0 Å². The van der Waals surface area contributed by atoms with E-state index in [9.17, 15) is 9.59 Å². The van der Waals surface area contributed by atoms with Gasteiger partial charge in [-0.15, -0.1) is 0 Å². The number of aryl methyl sites for hydroxylation is 1. The maximum Gasteiger partial charge on any atom is 0.258 e. The number of anilines is 2. The Morgan fingerprint density at radius 1 is 0.829 bits per heavy atom. The molecule has 0 unspecified atom stereocenters. The van der Waals surface area contributed by atoms with Gasteiger partial charge in [0.2, 0.25) is 0 Å². The van der Waals surface area contributed by atoms with E-state index in [1.54, 1.807) is 36.4 Å². The van der Waals surface area contributed by atoms with Crippen LogP contribution in [0.15, 0.2) is 84.9 Å². The lowest BCUT2D eigenvalue weighted by Gasteiger charge is -2.24. The zero-order chi connectivity index (χ0) is 24.5. The summed E-state index contributed by atoms with van der Waals surface area (Å²) >= 11 is 12.3. The highest BCUT2D eigenvalue weighted by molar-refractivity contribution is 6.40. The molecule has 0 bridgehead atoms. The Kier molecular flexibility index (Phi) is 6.33. The van der Waals surface area contributed by atoms with Crippen molar-refractivity contribution in [2.24, 2.45) is 0 Å². The van der Waals surface area contributed by atoms with Gasteiger partial charge in [-0.2, -0.15) is 0 Å². The average molecular weight is 501 g/mol. The number of fused-ring (bicyclic) bond motifs is 3. The van der Waals surface area contributed by atoms with Crippen LogP contribution in [0.3, 0.4) is 0 Å². The molecular formula is C29H22Cl2N2O2. The lowest BCUT2D eigenvalue weighted by Crippen LogP contribution is -2.33. The summed E-state index contributed by atoms with van der Waals surface area (Å²) in [5, 5.41) is 3.39. The van der Waals surface area contributed by atoms with E-state index in [0.29, 0.717) is 17.8 Å². The van der Waals surface area contributed by atoms with Crippen LogP contribution in [-0.2, 0) is 6.42 Å². The first kappa shape index (κ1) is 23.2. The Bertz CT molecular complexity index is 1440. The number of hydrogen-bond acceptors (Lipinski definition) is 2. The van der Waals surface area contributed by atoms with Crippen LogP contribution in [0.2, 0.25) is 10.0 Å². The van der Waals surface area contributed by atoms with E-state index >= 15 is 0 Å². The topological polar surface area (TPSA) is 49.4 Å². The first-order valence-corrected chi connectivity index (χ1v) is 12.0. The zero-order valence-electron chi connectivity index (χ0n) is 19.0. The third-order valence-corrected chi connectivity index (χ3v) is 6.89. The zero-order valence-corrected chi connectivity index (χ0v) is 20.5. The Hall–Kier alpha value is -3.60. The van der Waals surface area contributed by atoms with Gasteiger partial charge in [0.25, 0.3) is 11.8 Å². The average Bonchev–Trinajstić information content (AvgIpc) is 3.01. The minimum atomic E-state index is -0.404. The van der Waals surface area contributed by atoms with Crippen LogP contribution in [-0.4, -0.2) is 18.4 Å². The fourth-order valence-corrected chi connectivity index (χ4v) is 5.11. The molecule has 1 heterocycles. The van der Waals surface area contributed by atoms with Crippen LogP contribution in [0.4, 0.5) is 11.4 Å². The smallest absolute Gasteiger partial charge is 0.258 e. The Balaban J connectivity index is 1.43. The normalized spacial score (nSPS) is 12.4. The number of amides is 2. The molecule has 0 fully saturated rings. The molecule has 174 valence electrons. The van der Waals surface area contributed by atoms with E-state index in [0.717, 1.165) is 28.8 Å². The summed E-state index contributed by atoms with van der Waals surface area (Å²) < 4.78 is 0. The molecular weight excluding hydrogens is 479 g/mol. The van der Waals surface area contributed by atoms with Crippen LogP contribution in [0.1, 0.15) is 31.8 Å². The number of rotatable bonds is 3. The number of benzene rings is 4. The van der Waals surface area contributed by atoms with E-state index in [-0.39, 0.29) is 21.5 Å². The van der Waals surface area contributed by atoms with Crippen molar-refractivity contribution in [3.63, 3.8) is 0 Å². The molecule has 5 rings (SSSR count). The molecule has 0 spiro atoms. The van der Waals surface area contributed by atoms with Crippen LogP contribution in [0.25, 0.3) is 11.1 Å². The van der Waals surface area contributed by atoms with Crippen LogP contribution in [0.5, 0.6) is 0 Å². The monoisotopic (exact) mass is 500 g/mol. The van der Waals surface area contributed by atoms with Crippen LogP contribution >= 0.6 is 23.2 Å². The molecule has 0 saturated carbocycles. The van der Waals surface area contributed by atoms with Crippen LogP contribution in [0, 0.1) is 6.92 Å². The molecule has 1 aliphatic rings. The number of hydrogen-bond donors (Lipinski definition) is 1. The molecule has 1 aliphatic heterocycles. The summed E-state index contributed by atoms with van der Waals surface area (Å²) in [4.78, 5) is 28.3. The quantitative estimate of drug-likeness (QED) is 0.318. The first-order valence-electron chi connectivity index (χ1n) is 11.3. The van der Waals surface area contributed by atoms with Crippen LogP contribution < -0.4 is 10.2 Å². The maximum atomic E-state index is 13.7. The van der Waals surface area contributed by atoms with Gasteiger partial charge in [0.15, 0.2) is 0 Å². The number of nitrogens with one attached hydrogen (secondary N) is 1.